The van der Waals surface area contributed by atoms with Crippen LogP contribution in [0.15, 0.2) is 0 Å². The standard InChI is InChI=1S/C7H14O4/c8-4-5-11-7(10)3-1-2-6(7)9/h6,8-10H,1-5H2. The third-order valence-electron chi connectivity index (χ3n) is 1.98. The molecule has 2 atom stereocenters. The lowest BCUT2D eigenvalue weighted by atomic mass is 10.2. The molecule has 0 aliphatic heterocycles. The Balaban J connectivity index is 2.38. The highest BCUT2D eigenvalue weighted by atomic mass is 16.6. The van der Waals surface area contributed by atoms with Gasteiger partial charge < -0.3 is 20.1 Å². The maximum Gasteiger partial charge on any atom is 0.191 e. The number of ether oxygens (including phenoxy) is 1. The lowest BCUT2D eigenvalue weighted by molar-refractivity contribution is -0.245. The van der Waals surface area contributed by atoms with E-state index in [0.29, 0.717) is 12.8 Å². The van der Waals surface area contributed by atoms with Gasteiger partial charge in [0, 0.05) is 6.42 Å². The molecule has 1 saturated carbocycles. The molecular weight excluding hydrogens is 148 g/mol. The SMILES string of the molecule is OCCOC1(O)CCCC1O. The quantitative estimate of drug-likeness (QED) is 0.476. The smallest absolute Gasteiger partial charge is 0.191 e. The van der Waals surface area contributed by atoms with Crippen molar-refractivity contribution < 1.29 is 20.1 Å². The second kappa shape index (κ2) is 3.49. The Kier molecular flexibility index (Phi) is 2.84. The van der Waals surface area contributed by atoms with Gasteiger partial charge in [-0.05, 0) is 12.8 Å². The Bertz CT molecular complexity index is 128. The van der Waals surface area contributed by atoms with Gasteiger partial charge in [-0.25, -0.2) is 0 Å². The molecule has 0 aromatic heterocycles. The molecule has 3 N–H and O–H groups in total. The largest absolute Gasteiger partial charge is 0.394 e. The molecule has 1 aliphatic carbocycles. The van der Waals surface area contributed by atoms with Gasteiger partial charge in [0.1, 0.15) is 6.10 Å². The first-order valence-electron chi connectivity index (χ1n) is 3.84. The first-order chi connectivity index (χ1) is 5.19. The number of hydrogen-bond donors (Lipinski definition) is 3. The average Bonchev–Trinajstić information content (AvgIpc) is 2.30. The Morgan fingerprint density at radius 1 is 1.55 bits per heavy atom. The fraction of sp³-hybridized carbons (Fsp3) is 1.00. The number of rotatable bonds is 3. The maximum absolute atomic E-state index is 9.51. The molecule has 0 radical (unpaired) electrons. The molecule has 0 spiro atoms. The van der Waals surface area contributed by atoms with Crippen molar-refractivity contribution in [3.8, 4) is 0 Å². The van der Waals surface area contributed by atoms with Gasteiger partial charge in [-0.1, -0.05) is 0 Å². The highest BCUT2D eigenvalue weighted by Crippen LogP contribution is 2.30. The zero-order chi connectivity index (χ0) is 8.32. The third-order valence-corrected chi connectivity index (χ3v) is 1.98. The van der Waals surface area contributed by atoms with Crippen LogP contribution in [-0.2, 0) is 4.74 Å². The van der Waals surface area contributed by atoms with E-state index in [9.17, 15) is 10.2 Å². The predicted octanol–water partition coefficient (Wildman–Crippen LogP) is -0.771. The normalized spacial score (nSPS) is 37.9. The maximum atomic E-state index is 9.51. The van der Waals surface area contributed by atoms with E-state index in [1.807, 2.05) is 0 Å². The highest BCUT2D eigenvalue weighted by Gasteiger charge is 2.40. The van der Waals surface area contributed by atoms with E-state index in [4.69, 9.17) is 9.84 Å². The molecule has 2 unspecified atom stereocenters. The van der Waals surface area contributed by atoms with Gasteiger partial charge in [0.15, 0.2) is 5.79 Å². The Morgan fingerprint density at radius 2 is 2.27 bits per heavy atom. The molecule has 0 aromatic rings. The van der Waals surface area contributed by atoms with Crippen LogP contribution in [0.3, 0.4) is 0 Å². The fourth-order valence-electron chi connectivity index (χ4n) is 1.33. The summed E-state index contributed by atoms with van der Waals surface area (Å²) in [5.74, 6) is -1.40. The predicted molar refractivity (Wildman–Crippen MR) is 37.8 cm³/mol. The van der Waals surface area contributed by atoms with Crippen molar-refractivity contribution in [2.75, 3.05) is 13.2 Å². The van der Waals surface area contributed by atoms with Crippen molar-refractivity contribution in [3.05, 3.63) is 0 Å². The van der Waals surface area contributed by atoms with Gasteiger partial charge in [-0.15, -0.1) is 0 Å². The molecule has 0 aromatic carbocycles. The molecule has 11 heavy (non-hydrogen) atoms. The monoisotopic (exact) mass is 162 g/mol. The van der Waals surface area contributed by atoms with E-state index >= 15 is 0 Å². The molecule has 66 valence electrons. The lowest BCUT2D eigenvalue weighted by Crippen LogP contribution is -2.40. The number of aliphatic hydroxyl groups is 3. The van der Waals surface area contributed by atoms with Gasteiger partial charge in [-0.3, -0.25) is 0 Å². The van der Waals surface area contributed by atoms with E-state index in [-0.39, 0.29) is 13.2 Å². The molecule has 1 rings (SSSR count). The molecular formula is C7H14O4. The minimum Gasteiger partial charge on any atom is -0.394 e. The van der Waals surface area contributed by atoms with Crippen molar-refractivity contribution in [1.29, 1.82) is 0 Å². The minimum absolute atomic E-state index is 0.0769. The van der Waals surface area contributed by atoms with Crippen LogP contribution in [0.5, 0.6) is 0 Å². The van der Waals surface area contributed by atoms with Crippen LogP contribution < -0.4 is 0 Å². The average molecular weight is 162 g/mol. The molecule has 4 heteroatoms. The lowest BCUT2D eigenvalue weighted by Gasteiger charge is -2.26. The zero-order valence-electron chi connectivity index (χ0n) is 6.36. The molecule has 0 amide bonds. The molecule has 1 fully saturated rings. The summed E-state index contributed by atoms with van der Waals surface area (Å²) in [5, 5.41) is 27.1. The van der Waals surface area contributed by atoms with Crippen LogP contribution in [0.2, 0.25) is 0 Å². The fourth-order valence-corrected chi connectivity index (χ4v) is 1.33. The van der Waals surface area contributed by atoms with Crippen LogP contribution in [-0.4, -0.2) is 40.4 Å². The Morgan fingerprint density at radius 3 is 2.73 bits per heavy atom. The molecule has 0 heterocycles. The summed E-state index contributed by atoms with van der Waals surface area (Å²) in [5.41, 5.74) is 0. The second-order valence-electron chi connectivity index (χ2n) is 2.82. The van der Waals surface area contributed by atoms with Crippen molar-refractivity contribution in [3.63, 3.8) is 0 Å². The second-order valence-corrected chi connectivity index (χ2v) is 2.82. The van der Waals surface area contributed by atoms with E-state index in [1.54, 1.807) is 0 Å². The van der Waals surface area contributed by atoms with Crippen molar-refractivity contribution in [1.82, 2.24) is 0 Å². The minimum atomic E-state index is -1.40. The van der Waals surface area contributed by atoms with Crippen molar-refractivity contribution >= 4 is 0 Å². The number of hydrogen-bond acceptors (Lipinski definition) is 4. The summed E-state index contributed by atoms with van der Waals surface area (Å²) < 4.78 is 4.91. The number of aliphatic hydroxyl groups excluding tert-OH is 2. The van der Waals surface area contributed by atoms with Crippen LogP contribution in [0.25, 0.3) is 0 Å². The highest BCUT2D eigenvalue weighted by molar-refractivity contribution is 4.84. The summed E-state index contributed by atoms with van der Waals surface area (Å²) in [7, 11) is 0. The zero-order valence-corrected chi connectivity index (χ0v) is 6.36. The Labute approximate surface area is 65.4 Å². The molecule has 0 saturated heterocycles. The molecule has 0 bridgehead atoms. The van der Waals surface area contributed by atoms with E-state index in [1.165, 1.54) is 0 Å². The molecule has 1 aliphatic rings. The summed E-state index contributed by atoms with van der Waals surface area (Å²) in [6, 6.07) is 0. The summed E-state index contributed by atoms with van der Waals surface area (Å²) in [6.07, 6.45) is 0.994. The molecule has 4 nitrogen and oxygen atoms in total. The van der Waals surface area contributed by atoms with E-state index in [0.717, 1.165) is 6.42 Å². The topological polar surface area (TPSA) is 69.9 Å². The first-order valence-corrected chi connectivity index (χ1v) is 3.84. The summed E-state index contributed by atoms with van der Waals surface area (Å²) >= 11 is 0. The van der Waals surface area contributed by atoms with E-state index in [2.05, 4.69) is 0 Å². The summed E-state index contributed by atoms with van der Waals surface area (Å²) in [4.78, 5) is 0. The van der Waals surface area contributed by atoms with Gasteiger partial charge in [0.25, 0.3) is 0 Å². The first kappa shape index (κ1) is 8.93. The van der Waals surface area contributed by atoms with Gasteiger partial charge in [0.2, 0.25) is 0 Å². The van der Waals surface area contributed by atoms with Crippen LogP contribution in [0.1, 0.15) is 19.3 Å². The third kappa shape index (κ3) is 1.90. The van der Waals surface area contributed by atoms with Gasteiger partial charge in [-0.2, -0.15) is 0 Å². The van der Waals surface area contributed by atoms with Crippen molar-refractivity contribution in [2.24, 2.45) is 0 Å². The van der Waals surface area contributed by atoms with Crippen molar-refractivity contribution in [2.45, 2.75) is 31.2 Å². The van der Waals surface area contributed by atoms with Gasteiger partial charge in [0.05, 0.1) is 13.2 Å². The van der Waals surface area contributed by atoms with E-state index < -0.39 is 11.9 Å². The Hall–Kier alpha value is -0.160. The van der Waals surface area contributed by atoms with Crippen LogP contribution in [0.4, 0.5) is 0 Å². The van der Waals surface area contributed by atoms with Crippen LogP contribution in [0, 0.1) is 0 Å². The van der Waals surface area contributed by atoms with Crippen LogP contribution >= 0.6 is 0 Å². The van der Waals surface area contributed by atoms with Gasteiger partial charge >= 0.3 is 0 Å². The summed E-state index contributed by atoms with van der Waals surface area (Å²) in [6.45, 7) is -0.0530.